The fourth-order valence-corrected chi connectivity index (χ4v) is 16.7. The monoisotopic (exact) mass is 1770 g/mol. The Kier molecular flexibility index (Phi) is 47.3. The molecule has 0 aromatic carbocycles. The van der Waals surface area contributed by atoms with E-state index >= 15 is 0 Å². The molecule has 120 heavy (non-hydrogen) atoms. The van der Waals surface area contributed by atoms with E-state index in [0.717, 1.165) is 70.6 Å². The van der Waals surface area contributed by atoms with Crippen LogP contribution < -0.4 is 0 Å². The van der Waals surface area contributed by atoms with Crippen LogP contribution in [0.1, 0.15) is 207 Å². The van der Waals surface area contributed by atoms with Crippen molar-refractivity contribution in [3.8, 4) is 0 Å². The fourth-order valence-electron chi connectivity index (χ4n) is 15.7. The van der Waals surface area contributed by atoms with E-state index in [0.29, 0.717) is 12.8 Å². The molecule has 16 unspecified atom stereocenters. The van der Waals surface area contributed by atoms with Gasteiger partial charge in [0, 0.05) is 13.0 Å². The molecule has 7 fully saturated rings. The second-order valence-electron chi connectivity index (χ2n) is 32.7. The number of carbonyl (C=O) groups excluding carboxylic acids is 1. The van der Waals surface area contributed by atoms with Crippen LogP contribution in [0.25, 0.3) is 0 Å². The van der Waals surface area contributed by atoms with Gasteiger partial charge in [-0.15, -0.1) is 0 Å². The summed E-state index contributed by atoms with van der Waals surface area (Å²) in [5.41, 5.74) is 0. The van der Waals surface area contributed by atoms with E-state index in [1.807, 2.05) is 0 Å². The van der Waals surface area contributed by atoms with E-state index in [4.69, 9.17) is 75.4 Å². The molecular formula is C78H143O41P. The minimum absolute atomic E-state index is 0.0601. The van der Waals surface area contributed by atoms with Gasteiger partial charge >= 0.3 is 13.8 Å². The van der Waals surface area contributed by atoms with E-state index < -0.39 is 287 Å². The zero-order valence-corrected chi connectivity index (χ0v) is 70.0. The van der Waals surface area contributed by atoms with Gasteiger partial charge in [0.15, 0.2) is 37.7 Å². The average Bonchev–Trinajstić information content (AvgIpc) is 0.772. The number of aliphatic hydroxyl groups excluding tert-OH is 22. The number of hydrogen-bond donors (Lipinski definition) is 23. The molecule has 0 spiro atoms. The highest BCUT2D eigenvalue weighted by Gasteiger charge is 2.60. The van der Waals surface area contributed by atoms with Crippen molar-refractivity contribution in [1.82, 2.24) is 0 Å². The van der Waals surface area contributed by atoms with E-state index in [1.165, 1.54) is 89.9 Å². The summed E-state index contributed by atoms with van der Waals surface area (Å²) in [6.07, 6.45) is -47.1. The van der Waals surface area contributed by atoms with Gasteiger partial charge in [0.25, 0.3) is 0 Å². The largest absolute Gasteiger partial charge is 0.472 e. The Morgan fingerprint density at radius 2 is 0.617 bits per heavy atom. The lowest BCUT2D eigenvalue weighted by molar-refractivity contribution is -0.395. The summed E-state index contributed by atoms with van der Waals surface area (Å²) in [7, 11) is -5.76. The topological polar surface area (TPSA) is 647 Å². The van der Waals surface area contributed by atoms with Crippen molar-refractivity contribution < 1.29 is 202 Å². The molecule has 42 heteroatoms. The highest BCUT2D eigenvalue weighted by Crippen LogP contribution is 2.49. The molecule has 41 nitrogen and oxygen atoms in total. The van der Waals surface area contributed by atoms with Gasteiger partial charge in [0.1, 0.15) is 190 Å². The van der Waals surface area contributed by atoms with Gasteiger partial charge in [-0.2, -0.15) is 0 Å². The first-order chi connectivity index (χ1) is 57.4. The molecule has 7 aliphatic rings. The Hall–Kier alpha value is -1.82. The van der Waals surface area contributed by atoms with Crippen molar-refractivity contribution in [1.29, 1.82) is 0 Å². The Bertz CT molecular complexity index is 2800. The molecule has 38 atom stereocenters. The first-order valence-corrected chi connectivity index (χ1v) is 44.8. The van der Waals surface area contributed by atoms with Crippen molar-refractivity contribution in [2.75, 3.05) is 52.9 Å². The normalized spacial score (nSPS) is 40.4. The third kappa shape index (κ3) is 30.7. The molecule has 23 N–H and O–H groups in total. The summed E-state index contributed by atoms with van der Waals surface area (Å²) in [6.45, 7) is -0.332. The van der Waals surface area contributed by atoms with Crippen LogP contribution in [0.4, 0.5) is 0 Å². The minimum Gasteiger partial charge on any atom is -0.463 e. The van der Waals surface area contributed by atoms with Crippen LogP contribution in [0, 0.1) is 0 Å². The lowest BCUT2D eigenvalue weighted by Crippen LogP contribution is -2.69. The standard InChI is InChI=1S/C78H143O41P/c1-4-7-9-11-13-15-17-19-21-23-25-27-29-31-33-104-41(37-105-48(82)32-30-28-26-24-22-20-18-16-14-12-10-8-5-2)38-108-120(102,103)119-72-68(115-75-66(100)56(90)50(84)43(34-79)110-75)62(96)59(93)63(97)69(72)116-76-67(101)58(92)54(88)47(114-76)39-106-73-64(98)57(91)53(87)46(113-73)40-107-77-70(60(94)51(85)44(35-80)111-77)118-78-71(61(95)52(86)45(36-81)112-78)117-74-65(99)55(89)49(83)42(6-3)109-74/h41-47,49-81,83-101H,4-40H2,1-3H3,(H,102,103)/t41-,42?,43?,44?,45?,46?,47?,49-,50-,51-,52-,53-,54-,55?,56+,57?,58?,59-,60?,61?,62?,63+,64-,65-,66?,67-,68?,69?,70-,71-,72-,73+,74-,75-,76-,77+,78-/m1/s1. The molecule has 0 amide bonds. The van der Waals surface area contributed by atoms with Gasteiger partial charge < -0.3 is 184 Å². The number of phosphoric acid groups is 1. The number of rotatable bonds is 55. The minimum atomic E-state index is -5.76. The molecule has 0 aromatic heterocycles. The average molecular weight is 1770 g/mol. The van der Waals surface area contributed by atoms with Crippen molar-refractivity contribution >= 4 is 13.8 Å². The van der Waals surface area contributed by atoms with Crippen LogP contribution >= 0.6 is 7.82 Å². The summed E-state index contributed by atoms with van der Waals surface area (Å²) in [6, 6.07) is 0. The van der Waals surface area contributed by atoms with Crippen LogP contribution in [0.15, 0.2) is 0 Å². The Morgan fingerprint density at radius 1 is 0.317 bits per heavy atom. The van der Waals surface area contributed by atoms with Gasteiger partial charge in [-0.3, -0.25) is 13.8 Å². The Morgan fingerprint density at radius 3 is 1.04 bits per heavy atom. The van der Waals surface area contributed by atoms with Crippen molar-refractivity contribution in [3.63, 3.8) is 0 Å². The molecule has 706 valence electrons. The maximum absolute atomic E-state index is 14.5. The fraction of sp³-hybridized carbons (Fsp3) is 0.987. The third-order valence-corrected chi connectivity index (χ3v) is 24.4. The smallest absolute Gasteiger partial charge is 0.463 e. The first-order valence-electron chi connectivity index (χ1n) is 43.4. The molecule has 1 saturated carbocycles. The third-order valence-electron chi connectivity index (χ3n) is 23.4. The molecule has 6 aliphatic heterocycles. The van der Waals surface area contributed by atoms with Gasteiger partial charge in [0.2, 0.25) is 0 Å². The van der Waals surface area contributed by atoms with Crippen molar-refractivity contribution in [3.05, 3.63) is 0 Å². The molecule has 0 bridgehead atoms. The van der Waals surface area contributed by atoms with Crippen molar-refractivity contribution in [2.45, 2.75) is 434 Å². The molecule has 6 heterocycles. The zero-order valence-electron chi connectivity index (χ0n) is 69.1. The van der Waals surface area contributed by atoms with Crippen LogP contribution in [0.5, 0.6) is 0 Å². The summed E-state index contributed by atoms with van der Waals surface area (Å²) >= 11 is 0. The number of aliphatic hydroxyl groups is 22. The molecule has 0 aromatic rings. The van der Waals surface area contributed by atoms with Crippen molar-refractivity contribution in [2.24, 2.45) is 0 Å². The highest BCUT2D eigenvalue weighted by molar-refractivity contribution is 7.47. The van der Waals surface area contributed by atoms with E-state index in [2.05, 4.69) is 13.8 Å². The quantitative estimate of drug-likeness (QED) is 0.0160. The molecule has 1 aliphatic carbocycles. The Balaban J connectivity index is 1.04. The van der Waals surface area contributed by atoms with Crippen LogP contribution in [-0.4, -0.2) is 403 Å². The van der Waals surface area contributed by atoms with E-state index in [9.17, 15) is 127 Å². The van der Waals surface area contributed by atoms with Crippen LogP contribution in [-0.2, 0) is 84.7 Å². The predicted molar refractivity (Wildman–Crippen MR) is 411 cm³/mol. The Labute approximate surface area is 700 Å². The van der Waals surface area contributed by atoms with E-state index in [-0.39, 0.29) is 19.4 Å². The first kappa shape index (κ1) is 105. The summed E-state index contributed by atoms with van der Waals surface area (Å²) in [5, 5.41) is 243. The lowest BCUT2D eigenvalue weighted by atomic mass is 9.84. The second-order valence-corrected chi connectivity index (χ2v) is 34.1. The highest BCUT2D eigenvalue weighted by atomic mass is 31.2. The molecule has 7 rings (SSSR count). The number of unbranched alkanes of at least 4 members (excludes halogenated alkanes) is 25. The maximum atomic E-state index is 14.5. The van der Waals surface area contributed by atoms with Crippen LogP contribution in [0.3, 0.4) is 0 Å². The molecular weight excluding hydrogens is 1620 g/mol. The number of hydrogen-bond acceptors (Lipinski definition) is 40. The van der Waals surface area contributed by atoms with E-state index in [1.54, 1.807) is 6.92 Å². The second kappa shape index (κ2) is 54.0. The summed E-state index contributed by atoms with van der Waals surface area (Å²) < 4.78 is 107. The van der Waals surface area contributed by atoms with Gasteiger partial charge in [-0.05, 0) is 19.3 Å². The van der Waals surface area contributed by atoms with Gasteiger partial charge in [-0.25, -0.2) is 4.57 Å². The maximum Gasteiger partial charge on any atom is 0.472 e. The number of esters is 1. The zero-order chi connectivity index (χ0) is 87.9. The summed E-state index contributed by atoms with van der Waals surface area (Å²) in [4.78, 5) is 25.0. The lowest BCUT2D eigenvalue weighted by Gasteiger charge is -2.49. The number of phosphoric ester groups is 1. The number of ether oxygens (including phenoxy) is 14. The SMILES string of the molecule is CCCCCCCCCCCCCCCCO[C@H](COC(=O)CCCCCCCCCCCCCCC)COP(=O)(O)O[C@@H]1C(O[C@H]2OC(CO)[C@@H](O)[C@H](O)C2O)C(O)[C@@H](O)[C@H](O)C1O[C@H]1OC(CO[C@H]2OC(CO[C@H]3OC(CO)[C@@H](O)C(O)[C@H]3O[C@H]3OC(CO)[C@@H](O)C(O)[C@H]3O[C@H]3OC(CC)[C@@H](O)C(O)[C@H]3O)[C@@H](O)C(O)[C@H]2O)[C@@H](O)C(O)[C@H]1O. The van der Waals surface area contributed by atoms with Crippen LogP contribution in [0.2, 0.25) is 0 Å². The number of carbonyl (C=O) groups is 1. The van der Waals surface area contributed by atoms with Gasteiger partial charge in [-0.1, -0.05) is 181 Å². The summed E-state index contributed by atoms with van der Waals surface area (Å²) in [5.74, 6) is -0.581. The molecule has 6 saturated heterocycles. The molecule has 0 radical (unpaired) electrons. The van der Waals surface area contributed by atoms with Gasteiger partial charge in [0.05, 0.1) is 45.7 Å². The predicted octanol–water partition coefficient (Wildman–Crippen LogP) is -3.44.